The van der Waals surface area contributed by atoms with Gasteiger partial charge in [-0.15, -0.1) is 21.5 Å². The van der Waals surface area contributed by atoms with Crippen molar-refractivity contribution in [1.29, 1.82) is 0 Å². The van der Waals surface area contributed by atoms with Crippen molar-refractivity contribution in [1.82, 2.24) is 24.7 Å². The van der Waals surface area contributed by atoms with Gasteiger partial charge in [-0.2, -0.15) is 0 Å². The predicted molar refractivity (Wildman–Crippen MR) is 117 cm³/mol. The monoisotopic (exact) mass is 441 g/mol. The van der Waals surface area contributed by atoms with Crippen molar-refractivity contribution in [3.05, 3.63) is 57.7 Å². The summed E-state index contributed by atoms with van der Waals surface area (Å²) in [6.07, 6.45) is 5.58. The van der Waals surface area contributed by atoms with E-state index in [9.17, 15) is 9.18 Å². The maximum Gasteiger partial charge on any atom is 0.268 e. The highest BCUT2D eigenvalue weighted by molar-refractivity contribution is 7.98. The Kier molecular flexibility index (Phi) is 5.39. The number of thiophene rings is 1. The van der Waals surface area contributed by atoms with Crippen LogP contribution in [0, 0.1) is 5.82 Å². The summed E-state index contributed by atoms with van der Waals surface area (Å²) in [4.78, 5) is 19.7. The molecule has 1 fully saturated rings. The van der Waals surface area contributed by atoms with E-state index in [2.05, 4.69) is 24.7 Å². The van der Waals surface area contributed by atoms with Gasteiger partial charge in [-0.25, -0.2) is 9.37 Å². The molecule has 9 heteroatoms. The molecule has 0 atom stereocenters. The minimum absolute atomic E-state index is 0.119. The van der Waals surface area contributed by atoms with Gasteiger partial charge in [0.25, 0.3) is 5.56 Å². The van der Waals surface area contributed by atoms with Crippen molar-refractivity contribution in [2.45, 2.75) is 49.1 Å². The SMILES string of the molecule is O=c1[nH]c(CSc2nnc(-c3ccccc3F)n2C2CCCCC2)nc2ccsc12. The molecule has 5 rings (SSSR count). The van der Waals surface area contributed by atoms with E-state index in [0.717, 1.165) is 30.8 Å². The zero-order chi connectivity index (χ0) is 20.5. The van der Waals surface area contributed by atoms with Crippen molar-refractivity contribution in [2.75, 3.05) is 0 Å². The van der Waals surface area contributed by atoms with E-state index in [-0.39, 0.29) is 17.4 Å². The fraction of sp³-hybridized carbons (Fsp3) is 0.333. The Morgan fingerprint density at radius 2 is 2.00 bits per heavy atom. The highest BCUT2D eigenvalue weighted by Crippen LogP contribution is 2.36. The first-order chi connectivity index (χ1) is 14.7. The normalized spacial score (nSPS) is 15.1. The van der Waals surface area contributed by atoms with E-state index in [1.54, 1.807) is 12.1 Å². The molecule has 1 N–H and O–H groups in total. The van der Waals surface area contributed by atoms with Crippen LogP contribution in [0.4, 0.5) is 4.39 Å². The van der Waals surface area contributed by atoms with Gasteiger partial charge >= 0.3 is 0 Å². The molecule has 3 aromatic heterocycles. The minimum atomic E-state index is -0.299. The number of fused-ring (bicyclic) bond motifs is 1. The number of hydrogen-bond acceptors (Lipinski definition) is 6. The molecule has 0 aliphatic heterocycles. The number of nitrogens with zero attached hydrogens (tertiary/aromatic N) is 4. The average Bonchev–Trinajstić information content (AvgIpc) is 3.40. The number of aromatic nitrogens is 5. The first kappa shape index (κ1) is 19.4. The average molecular weight is 442 g/mol. The highest BCUT2D eigenvalue weighted by Gasteiger charge is 2.25. The Morgan fingerprint density at radius 3 is 2.83 bits per heavy atom. The van der Waals surface area contributed by atoms with Crippen molar-refractivity contribution >= 4 is 33.3 Å². The molecule has 3 heterocycles. The summed E-state index contributed by atoms with van der Waals surface area (Å²) >= 11 is 2.86. The smallest absolute Gasteiger partial charge is 0.268 e. The van der Waals surface area contributed by atoms with Gasteiger partial charge in [0.2, 0.25) is 0 Å². The van der Waals surface area contributed by atoms with Gasteiger partial charge in [0.05, 0.1) is 16.8 Å². The first-order valence-electron chi connectivity index (χ1n) is 9.99. The Labute approximate surface area is 180 Å². The number of nitrogens with one attached hydrogen (secondary N) is 1. The molecule has 30 heavy (non-hydrogen) atoms. The molecule has 0 spiro atoms. The summed E-state index contributed by atoms with van der Waals surface area (Å²) in [6, 6.07) is 8.79. The molecule has 1 aliphatic carbocycles. The zero-order valence-electron chi connectivity index (χ0n) is 16.2. The summed E-state index contributed by atoms with van der Waals surface area (Å²) in [6.45, 7) is 0. The number of benzene rings is 1. The van der Waals surface area contributed by atoms with Gasteiger partial charge in [0, 0.05) is 6.04 Å². The van der Waals surface area contributed by atoms with Crippen molar-refractivity contribution in [2.24, 2.45) is 0 Å². The van der Waals surface area contributed by atoms with E-state index in [4.69, 9.17) is 0 Å². The maximum absolute atomic E-state index is 14.5. The summed E-state index contributed by atoms with van der Waals surface area (Å²) in [5, 5.41) is 11.3. The summed E-state index contributed by atoms with van der Waals surface area (Å²) in [7, 11) is 0. The van der Waals surface area contributed by atoms with E-state index >= 15 is 0 Å². The second-order valence-electron chi connectivity index (χ2n) is 7.38. The third kappa shape index (κ3) is 3.67. The van der Waals surface area contributed by atoms with Crippen LogP contribution in [0.5, 0.6) is 0 Å². The molecule has 1 aliphatic rings. The summed E-state index contributed by atoms with van der Waals surface area (Å²) < 4.78 is 17.2. The lowest BCUT2D eigenvalue weighted by molar-refractivity contribution is 0.339. The molecule has 6 nitrogen and oxygen atoms in total. The van der Waals surface area contributed by atoms with E-state index in [1.165, 1.54) is 35.6 Å². The molecular formula is C21H20FN5OS2. The molecule has 0 unspecified atom stereocenters. The summed E-state index contributed by atoms with van der Waals surface area (Å²) in [5.41, 5.74) is 1.06. The van der Waals surface area contributed by atoms with E-state index in [1.807, 2.05) is 17.5 Å². The van der Waals surface area contributed by atoms with Crippen LogP contribution in [-0.4, -0.2) is 24.7 Å². The molecule has 0 bridgehead atoms. The number of rotatable bonds is 5. The molecule has 0 saturated heterocycles. The number of H-pyrrole nitrogens is 1. The van der Waals surface area contributed by atoms with E-state index < -0.39 is 0 Å². The Bertz CT molecular complexity index is 1240. The third-order valence-electron chi connectivity index (χ3n) is 5.42. The van der Waals surface area contributed by atoms with Crippen molar-refractivity contribution in [3.8, 4) is 11.4 Å². The van der Waals surface area contributed by atoms with Crippen LogP contribution in [0.2, 0.25) is 0 Å². The first-order valence-corrected chi connectivity index (χ1v) is 11.9. The van der Waals surface area contributed by atoms with Crippen molar-refractivity contribution in [3.63, 3.8) is 0 Å². The van der Waals surface area contributed by atoms with Crippen LogP contribution in [-0.2, 0) is 5.75 Å². The maximum atomic E-state index is 14.5. The Balaban J connectivity index is 1.49. The number of hydrogen-bond donors (Lipinski definition) is 1. The largest absolute Gasteiger partial charge is 0.309 e. The van der Waals surface area contributed by atoms with Gasteiger partial charge in [0.1, 0.15) is 16.3 Å². The molecule has 154 valence electrons. The lowest BCUT2D eigenvalue weighted by Crippen LogP contribution is -2.15. The molecular weight excluding hydrogens is 421 g/mol. The van der Waals surface area contributed by atoms with Crippen LogP contribution in [0.1, 0.15) is 44.0 Å². The second kappa shape index (κ2) is 8.31. The van der Waals surface area contributed by atoms with Crippen LogP contribution in [0.3, 0.4) is 0 Å². The van der Waals surface area contributed by atoms with Crippen LogP contribution < -0.4 is 5.56 Å². The molecule has 0 amide bonds. The highest BCUT2D eigenvalue weighted by atomic mass is 32.2. The zero-order valence-corrected chi connectivity index (χ0v) is 17.8. The molecule has 1 saturated carbocycles. The molecule has 1 aromatic carbocycles. The van der Waals surface area contributed by atoms with Gasteiger partial charge < -0.3 is 4.98 Å². The number of thioether (sulfide) groups is 1. The van der Waals surface area contributed by atoms with E-state index in [0.29, 0.717) is 33.2 Å². The number of halogens is 1. The quantitative estimate of drug-likeness (QED) is 0.432. The second-order valence-corrected chi connectivity index (χ2v) is 9.24. The lowest BCUT2D eigenvalue weighted by Gasteiger charge is -2.25. The lowest BCUT2D eigenvalue weighted by atomic mass is 9.95. The minimum Gasteiger partial charge on any atom is -0.309 e. The summed E-state index contributed by atoms with van der Waals surface area (Å²) in [5.74, 6) is 1.33. The Morgan fingerprint density at radius 1 is 1.17 bits per heavy atom. The van der Waals surface area contributed by atoms with Gasteiger partial charge in [-0.3, -0.25) is 9.36 Å². The van der Waals surface area contributed by atoms with Crippen LogP contribution >= 0.6 is 23.1 Å². The number of aromatic amines is 1. The fourth-order valence-corrected chi connectivity index (χ4v) is 5.59. The van der Waals surface area contributed by atoms with Crippen molar-refractivity contribution < 1.29 is 4.39 Å². The van der Waals surface area contributed by atoms with Crippen LogP contribution in [0.25, 0.3) is 21.6 Å². The van der Waals surface area contributed by atoms with Crippen LogP contribution in [0.15, 0.2) is 45.7 Å². The molecule has 0 radical (unpaired) electrons. The predicted octanol–water partition coefficient (Wildman–Crippen LogP) is 5.18. The molecule has 4 aromatic rings. The third-order valence-corrected chi connectivity index (χ3v) is 7.28. The Hall–Kier alpha value is -2.52. The standard InChI is InChI=1S/C21H20FN5OS2/c22-15-9-5-4-8-14(15)19-25-26-21(27(19)13-6-2-1-3-7-13)30-12-17-23-16-10-11-29-18(16)20(28)24-17/h4-5,8-11,13H,1-3,6-7,12H2,(H,23,24,28). The van der Waals surface area contributed by atoms with Gasteiger partial charge in [-0.1, -0.05) is 43.2 Å². The van der Waals surface area contributed by atoms with Gasteiger partial charge in [0.15, 0.2) is 11.0 Å². The topological polar surface area (TPSA) is 76.5 Å². The fourth-order valence-electron chi connectivity index (χ4n) is 3.99. The van der Waals surface area contributed by atoms with Gasteiger partial charge in [-0.05, 0) is 36.4 Å².